The van der Waals surface area contributed by atoms with E-state index in [0.717, 1.165) is 22.2 Å². The molecular formula is C48H29B5N2. The second kappa shape index (κ2) is 12.3. The molecule has 0 N–H and O–H groups in total. The molecule has 0 fully saturated rings. The Morgan fingerprint density at radius 3 is 1.56 bits per heavy atom. The molecule has 0 aliphatic heterocycles. The van der Waals surface area contributed by atoms with Gasteiger partial charge in [0, 0.05) is 16.7 Å². The molecule has 9 aromatic rings. The Morgan fingerprint density at radius 1 is 0.455 bits per heavy atom. The van der Waals surface area contributed by atoms with Crippen LogP contribution in [0.3, 0.4) is 0 Å². The summed E-state index contributed by atoms with van der Waals surface area (Å²) in [5.74, 6) is 0.654. The maximum absolute atomic E-state index is 6.61. The number of imidazole rings is 1. The predicted molar refractivity (Wildman–Crippen MR) is 237 cm³/mol. The molecule has 1 aliphatic carbocycles. The van der Waals surface area contributed by atoms with E-state index in [2.05, 4.69) is 129 Å². The van der Waals surface area contributed by atoms with Crippen molar-refractivity contribution in [3.8, 4) is 50.5 Å². The van der Waals surface area contributed by atoms with Gasteiger partial charge in [-0.2, -0.15) is 0 Å². The van der Waals surface area contributed by atoms with Crippen molar-refractivity contribution in [3.05, 3.63) is 151 Å². The van der Waals surface area contributed by atoms with Crippen molar-refractivity contribution in [2.45, 2.75) is 19.3 Å². The van der Waals surface area contributed by atoms with Crippen LogP contribution in [0.5, 0.6) is 0 Å². The fourth-order valence-electron chi connectivity index (χ4n) is 8.92. The molecule has 0 saturated heterocycles. The summed E-state index contributed by atoms with van der Waals surface area (Å²) in [6, 6.07) is 49.7. The monoisotopic (exact) mass is 688 g/mol. The van der Waals surface area contributed by atoms with Crippen LogP contribution in [0.1, 0.15) is 25.0 Å². The molecule has 1 aromatic heterocycles. The minimum atomic E-state index is -0.0969. The number of para-hydroxylation sites is 2. The van der Waals surface area contributed by atoms with E-state index in [1.54, 1.807) is 0 Å². The van der Waals surface area contributed by atoms with Crippen LogP contribution >= 0.6 is 0 Å². The van der Waals surface area contributed by atoms with E-state index in [1.807, 2.05) is 28.8 Å². The van der Waals surface area contributed by atoms with Gasteiger partial charge in [-0.3, -0.25) is 4.57 Å². The summed E-state index contributed by atoms with van der Waals surface area (Å²) in [6.45, 7) is 4.67. The third kappa shape index (κ3) is 4.85. The highest BCUT2D eigenvalue weighted by Gasteiger charge is 2.35. The molecule has 7 heteroatoms. The summed E-state index contributed by atoms with van der Waals surface area (Å²) in [5, 5.41) is 4.79. The molecule has 0 atom stereocenters. The van der Waals surface area contributed by atoms with Gasteiger partial charge in [0.1, 0.15) is 45.1 Å². The summed E-state index contributed by atoms with van der Waals surface area (Å²) in [4.78, 5) is 5.06. The smallest absolute Gasteiger partial charge is 0.145 e. The zero-order valence-corrected chi connectivity index (χ0v) is 30.6. The highest BCUT2D eigenvalue weighted by molar-refractivity contribution is 6.68. The van der Waals surface area contributed by atoms with Gasteiger partial charge >= 0.3 is 0 Å². The van der Waals surface area contributed by atoms with Gasteiger partial charge in [-0.05, 0) is 84.3 Å². The number of hydrogen-bond acceptors (Lipinski definition) is 1. The first kappa shape index (κ1) is 33.6. The van der Waals surface area contributed by atoms with E-state index >= 15 is 0 Å². The maximum Gasteiger partial charge on any atom is 0.145 e. The fraction of sp³-hybridized carbons (Fsp3) is 0.0625. The lowest BCUT2D eigenvalue weighted by atomic mass is 9.61. The van der Waals surface area contributed by atoms with Crippen LogP contribution in [0.15, 0.2) is 140 Å². The summed E-state index contributed by atoms with van der Waals surface area (Å²) < 4.78 is 1.93. The Labute approximate surface area is 327 Å². The number of fused-ring (bicyclic) bond motifs is 6. The van der Waals surface area contributed by atoms with Crippen molar-refractivity contribution >= 4 is 99.1 Å². The molecule has 0 amide bonds. The van der Waals surface area contributed by atoms with E-state index in [1.165, 1.54) is 60.5 Å². The van der Waals surface area contributed by atoms with E-state index in [-0.39, 0.29) is 32.7 Å². The van der Waals surface area contributed by atoms with Crippen LogP contribution in [0.25, 0.3) is 83.0 Å². The third-order valence-corrected chi connectivity index (χ3v) is 11.7. The number of nitrogens with zero attached hydrogens (tertiary/aromatic N) is 2. The van der Waals surface area contributed by atoms with Gasteiger partial charge in [0.25, 0.3) is 0 Å². The van der Waals surface area contributed by atoms with Crippen LogP contribution in [-0.2, 0) is 5.41 Å². The van der Waals surface area contributed by atoms with E-state index in [4.69, 9.17) is 44.2 Å². The van der Waals surface area contributed by atoms with Crippen LogP contribution < -0.4 is 27.3 Å². The number of rotatable bonds is 4. The second-order valence-corrected chi connectivity index (χ2v) is 15.0. The molecule has 0 saturated carbocycles. The highest BCUT2D eigenvalue weighted by atomic mass is 15.1. The average Bonchev–Trinajstić information content (AvgIpc) is 3.70. The normalized spacial score (nSPS) is 13.1. The quantitative estimate of drug-likeness (QED) is 0.151. The lowest BCUT2D eigenvalue weighted by molar-refractivity contribution is 0.660. The van der Waals surface area contributed by atoms with Gasteiger partial charge in [0.15, 0.2) is 0 Å². The number of benzene rings is 8. The van der Waals surface area contributed by atoms with Gasteiger partial charge in [-0.1, -0.05) is 146 Å². The van der Waals surface area contributed by atoms with Gasteiger partial charge in [-0.25, -0.2) is 4.98 Å². The fourth-order valence-corrected chi connectivity index (χ4v) is 8.92. The first-order valence-electron chi connectivity index (χ1n) is 18.4. The van der Waals surface area contributed by atoms with Crippen molar-refractivity contribution in [2.75, 3.05) is 0 Å². The molecule has 8 aromatic carbocycles. The van der Waals surface area contributed by atoms with Crippen molar-refractivity contribution in [1.29, 1.82) is 0 Å². The standard InChI is InChI=1S/C48H29B5N2/c1-48(2)35-16-8-7-11-29(35)30-24-23-28(25-36(30)48)40-33-14-5-3-12-31(33)39(32-13-4-6-15-34(32)40)26-19-21-27(22-20-26)47-54-37-17-9-10-18-38(37)55(47)46-44(52)42(50)41(49)43(51)45(46)53/h3-25H,1-2H3. The van der Waals surface area contributed by atoms with Crippen LogP contribution in [0.2, 0.25) is 0 Å². The average molecular weight is 688 g/mol. The third-order valence-electron chi connectivity index (χ3n) is 11.7. The largest absolute Gasteiger partial charge is 0.294 e. The zero-order chi connectivity index (χ0) is 37.7. The minimum absolute atomic E-state index is 0.0969. The summed E-state index contributed by atoms with van der Waals surface area (Å²) >= 11 is 0. The molecule has 246 valence electrons. The molecule has 1 aliphatic rings. The Balaban J connectivity index is 1.16. The second-order valence-electron chi connectivity index (χ2n) is 15.0. The number of aromatic nitrogens is 2. The summed E-state index contributed by atoms with van der Waals surface area (Å²) in [6.07, 6.45) is 0. The Hall–Kier alpha value is -5.93. The molecule has 10 rings (SSSR count). The lowest BCUT2D eigenvalue weighted by Crippen LogP contribution is -2.56. The molecule has 0 unspecified atom stereocenters. The minimum Gasteiger partial charge on any atom is -0.294 e. The van der Waals surface area contributed by atoms with Crippen molar-refractivity contribution in [2.24, 2.45) is 0 Å². The Bertz CT molecular complexity index is 2980. The van der Waals surface area contributed by atoms with Crippen LogP contribution in [-0.4, -0.2) is 48.8 Å². The van der Waals surface area contributed by atoms with Crippen LogP contribution in [0, 0.1) is 0 Å². The molecule has 10 radical (unpaired) electrons. The topological polar surface area (TPSA) is 17.8 Å². The molecule has 0 spiro atoms. The molecule has 55 heavy (non-hydrogen) atoms. The van der Waals surface area contributed by atoms with Gasteiger partial charge in [-0.15, -0.1) is 16.4 Å². The lowest BCUT2D eigenvalue weighted by Gasteiger charge is -2.23. The SMILES string of the molecule is [B]c1c([B])c([B])c(-n2c(-c3ccc(-c4c5ccccc5c(-c5ccc6c(c5)C(C)(C)c5ccccc5-6)c5ccccc45)cc3)nc3ccccc32)c([B])c1[B]. The Kier molecular flexibility index (Phi) is 7.52. The van der Waals surface area contributed by atoms with E-state index in [9.17, 15) is 0 Å². The maximum atomic E-state index is 6.61. The molecular weight excluding hydrogens is 659 g/mol. The molecule has 1 heterocycles. The summed E-state index contributed by atoms with van der Waals surface area (Å²) in [7, 11) is 32.1. The highest BCUT2D eigenvalue weighted by Crippen LogP contribution is 2.51. The van der Waals surface area contributed by atoms with Crippen molar-refractivity contribution in [3.63, 3.8) is 0 Å². The predicted octanol–water partition coefficient (Wildman–Crippen LogP) is 6.61. The number of hydrogen-bond donors (Lipinski definition) is 0. The van der Waals surface area contributed by atoms with E-state index in [0.29, 0.717) is 11.5 Å². The van der Waals surface area contributed by atoms with Crippen molar-refractivity contribution < 1.29 is 0 Å². The summed E-state index contributed by atoms with van der Waals surface area (Å²) in [5.41, 5.74) is 14.0. The van der Waals surface area contributed by atoms with Crippen LogP contribution in [0.4, 0.5) is 0 Å². The molecule has 2 nitrogen and oxygen atoms in total. The van der Waals surface area contributed by atoms with E-state index < -0.39 is 0 Å². The molecule has 0 bridgehead atoms. The van der Waals surface area contributed by atoms with Gasteiger partial charge in [0.05, 0.1) is 11.0 Å². The zero-order valence-electron chi connectivity index (χ0n) is 30.6. The first-order chi connectivity index (χ1) is 26.6. The van der Waals surface area contributed by atoms with Gasteiger partial charge in [0.2, 0.25) is 0 Å². The first-order valence-corrected chi connectivity index (χ1v) is 18.4. The van der Waals surface area contributed by atoms with Crippen molar-refractivity contribution in [1.82, 2.24) is 9.55 Å². The Morgan fingerprint density at radius 2 is 0.927 bits per heavy atom. The van der Waals surface area contributed by atoms with Gasteiger partial charge < -0.3 is 0 Å².